The summed E-state index contributed by atoms with van der Waals surface area (Å²) in [6.07, 6.45) is 2.30. The maximum absolute atomic E-state index is 13.5. The maximum atomic E-state index is 13.5. The number of hydrogen-bond donors (Lipinski definition) is 2. The van der Waals surface area contributed by atoms with E-state index in [-0.39, 0.29) is 5.56 Å². The molecule has 7 heteroatoms. The number of carbonyl (C=O) groups excluding carboxylic acids is 1. The molecule has 0 fully saturated rings. The summed E-state index contributed by atoms with van der Waals surface area (Å²) in [5.74, 6) is -2.03. The SMILES string of the molecule is O=C(NCCCNc1ccnc2cc(Cl)ccc12)c1cc(F)ccc1F. The zero-order valence-corrected chi connectivity index (χ0v) is 14.5. The van der Waals surface area contributed by atoms with Crippen LogP contribution in [0, 0.1) is 11.6 Å². The van der Waals surface area contributed by atoms with Crippen LogP contribution in [0.4, 0.5) is 14.5 Å². The number of fused-ring (bicyclic) bond motifs is 1. The van der Waals surface area contributed by atoms with Crippen molar-refractivity contribution in [3.05, 3.63) is 70.9 Å². The van der Waals surface area contributed by atoms with Crippen molar-refractivity contribution in [2.24, 2.45) is 0 Å². The lowest BCUT2D eigenvalue weighted by Gasteiger charge is -2.10. The highest BCUT2D eigenvalue weighted by atomic mass is 35.5. The lowest BCUT2D eigenvalue weighted by Crippen LogP contribution is -2.26. The van der Waals surface area contributed by atoms with Crippen molar-refractivity contribution in [1.82, 2.24) is 10.3 Å². The minimum atomic E-state index is -0.746. The van der Waals surface area contributed by atoms with E-state index >= 15 is 0 Å². The van der Waals surface area contributed by atoms with E-state index in [1.54, 1.807) is 18.3 Å². The molecule has 0 radical (unpaired) electrons. The molecule has 0 aliphatic rings. The zero-order valence-electron chi connectivity index (χ0n) is 13.7. The third-order valence-corrected chi connectivity index (χ3v) is 4.07. The molecular weight excluding hydrogens is 360 g/mol. The van der Waals surface area contributed by atoms with Crippen LogP contribution in [0.3, 0.4) is 0 Å². The number of anilines is 1. The van der Waals surface area contributed by atoms with Crippen LogP contribution in [0.1, 0.15) is 16.8 Å². The van der Waals surface area contributed by atoms with E-state index in [0.717, 1.165) is 34.8 Å². The minimum Gasteiger partial charge on any atom is -0.384 e. The topological polar surface area (TPSA) is 54.0 Å². The van der Waals surface area contributed by atoms with Crippen molar-refractivity contribution in [3.63, 3.8) is 0 Å². The summed E-state index contributed by atoms with van der Waals surface area (Å²) in [6.45, 7) is 0.921. The van der Waals surface area contributed by atoms with Crippen molar-refractivity contribution in [3.8, 4) is 0 Å². The molecular formula is C19H16ClF2N3O. The second-order valence-electron chi connectivity index (χ2n) is 5.68. The van der Waals surface area contributed by atoms with E-state index in [0.29, 0.717) is 24.5 Å². The van der Waals surface area contributed by atoms with Crippen molar-refractivity contribution in [2.45, 2.75) is 6.42 Å². The Morgan fingerprint density at radius 3 is 2.77 bits per heavy atom. The normalized spacial score (nSPS) is 10.7. The van der Waals surface area contributed by atoms with E-state index in [9.17, 15) is 13.6 Å². The van der Waals surface area contributed by atoms with Crippen LogP contribution in [0.5, 0.6) is 0 Å². The number of hydrogen-bond acceptors (Lipinski definition) is 3. The van der Waals surface area contributed by atoms with E-state index in [1.807, 2.05) is 12.1 Å². The minimum absolute atomic E-state index is 0.296. The molecule has 0 saturated carbocycles. The molecule has 4 nitrogen and oxygen atoms in total. The Balaban J connectivity index is 1.52. The first-order valence-corrected chi connectivity index (χ1v) is 8.44. The smallest absolute Gasteiger partial charge is 0.254 e. The van der Waals surface area contributed by atoms with Gasteiger partial charge in [0.15, 0.2) is 0 Å². The highest BCUT2D eigenvalue weighted by Crippen LogP contribution is 2.24. The van der Waals surface area contributed by atoms with Crippen LogP contribution >= 0.6 is 11.6 Å². The van der Waals surface area contributed by atoms with Gasteiger partial charge < -0.3 is 10.6 Å². The van der Waals surface area contributed by atoms with Gasteiger partial charge >= 0.3 is 0 Å². The molecule has 0 bridgehead atoms. The largest absolute Gasteiger partial charge is 0.384 e. The summed E-state index contributed by atoms with van der Waals surface area (Å²) in [5, 5.41) is 7.42. The highest BCUT2D eigenvalue weighted by Gasteiger charge is 2.12. The molecule has 0 atom stereocenters. The van der Waals surface area contributed by atoms with Crippen LogP contribution < -0.4 is 10.6 Å². The summed E-state index contributed by atoms with van der Waals surface area (Å²) in [4.78, 5) is 16.2. The molecule has 3 aromatic rings. The second kappa shape index (κ2) is 8.10. The number of nitrogens with one attached hydrogen (secondary N) is 2. The van der Waals surface area contributed by atoms with E-state index in [1.165, 1.54) is 0 Å². The lowest BCUT2D eigenvalue weighted by molar-refractivity contribution is 0.0949. The number of nitrogens with zero attached hydrogens (tertiary/aromatic N) is 1. The molecule has 0 saturated heterocycles. The summed E-state index contributed by atoms with van der Waals surface area (Å²) in [7, 11) is 0. The molecule has 26 heavy (non-hydrogen) atoms. The fraction of sp³-hybridized carbons (Fsp3) is 0.158. The molecule has 0 aliphatic carbocycles. The Hall–Kier alpha value is -2.73. The Kier molecular flexibility index (Phi) is 5.63. The monoisotopic (exact) mass is 375 g/mol. The van der Waals surface area contributed by atoms with Gasteiger partial charge in [0.1, 0.15) is 11.6 Å². The quantitative estimate of drug-likeness (QED) is 0.628. The predicted octanol–water partition coefficient (Wildman–Crippen LogP) is 4.40. The van der Waals surface area contributed by atoms with Crippen molar-refractivity contribution in [2.75, 3.05) is 18.4 Å². The van der Waals surface area contributed by atoms with Crippen molar-refractivity contribution in [1.29, 1.82) is 0 Å². The first-order chi connectivity index (χ1) is 12.5. The third-order valence-electron chi connectivity index (χ3n) is 3.83. The lowest BCUT2D eigenvalue weighted by atomic mass is 10.2. The van der Waals surface area contributed by atoms with E-state index in [4.69, 9.17) is 11.6 Å². The van der Waals surface area contributed by atoms with Gasteiger partial charge in [-0.05, 0) is 48.9 Å². The molecule has 1 heterocycles. The van der Waals surface area contributed by atoms with Gasteiger partial charge in [-0.15, -0.1) is 0 Å². The van der Waals surface area contributed by atoms with E-state index < -0.39 is 17.5 Å². The number of carbonyl (C=O) groups is 1. The third kappa shape index (κ3) is 4.26. The fourth-order valence-corrected chi connectivity index (χ4v) is 2.72. The zero-order chi connectivity index (χ0) is 18.5. The number of pyridine rings is 1. The molecule has 1 amide bonds. The summed E-state index contributed by atoms with van der Waals surface area (Å²) in [6, 6.07) is 10.1. The Morgan fingerprint density at radius 1 is 1.08 bits per heavy atom. The molecule has 134 valence electrons. The average molecular weight is 376 g/mol. The Labute approximate surface area is 154 Å². The maximum Gasteiger partial charge on any atom is 0.254 e. The molecule has 3 rings (SSSR count). The first kappa shape index (κ1) is 18.1. The molecule has 2 aromatic carbocycles. The predicted molar refractivity (Wildman–Crippen MR) is 98.6 cm³/mol. The van der Waals surface area contributed by atoms with Crippen molar-refractivity contribution >= 4 is 34.1 Å². The summed E-state index contributed by atoms with van der Waals surface area (Å²) in [5.41, 5.74) is 1.40. The number of aromatic nitrogens is 1. The number of halogens is 3. The summed E-state index contributed by atoms with van der Waals surface area (Å²) < 4.78 is 26.7. The van der Waals surface area contributed by atoms with Crippen LogP contribution in [0.25, 0.3) is 10.9 Å². The standard InChI is InChI=1S/C19H16ClF2N3O/c20-12-2-4-14-17(6-9-24-18(14)10-12)23-7-1-8-25-19(26)15-11-13(21)3-5-16(15)22/h2-6,9-11H,1,7-8H2,(H,23,24)(H,25,26). The molecule has 0 spiro atoms. The second-order valence-corrected chi connectivity index (χ2v) is 6.12. The fourth-order valence-electron chi connectivity index (χ4n) is 2.56. The first-order valence-electron chi connectivity index (χ1n) is 8.06. The van der Waals surface area contributed by atoms with Gasteiger partial charge in [-0.3, -0.25) is 9.78 Å². The van der Waals surface area contributed by atoms with Gasteiger partial charge in [0, 0.05) is 35.4 Å². The summed E-state index contributed by atoms with van der Waals surface area (Å²) >= 11 is 5.97. The molecule has 0 aliphatic heterocycles. The van der Waals surface area contributed by atoms with Gasteiger partial charge in [0.05, 0.1) is 11.1 Å². The van der Waals surface area contributed by atoms with E-state index in [2.05, 4.69) is 15.6 Å². The Morgan fingerprint density at radius 2 is 1.92 bits per heavy atom. The average Bonchev–Trinajstić information content (AvgIpc) is 2.63. The van der Waals surface area contributed by atoms with Crippen LogP contribution in [0.2, 0.25) is 5.02 Å². The highest BCUT2D eigenvalue weighted by molar-refractivity contribution is 6.31. The number of rotatable bonds is 6. The van der Waals surface area contributed by atoms with Gasteiger partial charge in [-0.25, -0.2) is 8.78 Å². The van der Waals surface area contributed by atoms with Gasteiger partial charge in [-0.1, -0.05) is 11.6 Å². The number of amides is 1. The van der Waals surface area contributed by atoms with Gasteiger partial charge in [0.25, 0.3) is 5.91 Å². The van der Waals surface area contributed by atoms with Gasteiger partial charge in [0.2, 0.25) is 0 Å². The molecule has 0 unspecified atom stereocenters. The van der Waals surface area contributed by atoms with Crippen molar-refractivity contribution < 1.29 is 13.6 Å². The van der Waals surface area contributed by atoms with Gasteiger partial charge in [-0.2, -0.15) is 0 Å². The molecule has 2 N–H and O–H groups in total. The van der Waals surface area contributed by atoms with Crippen LogP contribution in [-0.4, -0.2) is 24.0 Å². The molecule has 1 aromatic heterocycles. The van der Waals surface area contributed by atoms with Crippen LogP contribution in [-0.2, 0) is 0 Å². The Bertz CT molecular complexity index is 949. The van der Waals surface area contributed by atoms with Crippen LogP contribution in [0.15, 0.2) is 48.7 Å². The number of benzene rings is 2.